The maximum atomic E-state index is 15.1. The first-order valence-electron chi connectivity index (χ1n) is 44.0. The van der Waals surface area contributed by atoms with Crippen LogP contribution in [0.1, 0.15) is 161 Å². The summed E-state index contributed by atoms with van der Waals surface area (Å²) in [5.74, 6) is 0.857. The van der Waals surface area contributed by atoms with Gasteiger partial charge in [-0.15, -0.1) is 0 Å². The van der Waals surface area contributed by atoms with E-state index >= 15 is 8.78 Å². The molecule has 4 fully saturated rings. The van der Waals surface area contributed by atoms with Gasteiger partial charge < -0.3 is 44.1 Å². The number of carbonyl (C=O) groups is 3. The highest BCUT2D eigenvalue weighted by molar-refractivity contribution is 6.35. The van der Waals surface area contributed by atoms with Crippen molar-refractivity contribution in [2.75, 3.05) is 93.6 Å². The Morgan fingerprint density at radius 3 is 1.23 bits per heavy atom. The van der Waals surface area contributed by atoms with Crippen LogP contribution in [0, 0.1) is 18.6 Å². The monoisotopic (exact) mass is 1810 g/mol. The Morgan fingerprint density at radius 1 is 0.442 bits per heavy atom. The molecule has 0 N–H and O–H groups in total. The number of rotatable bonds is 19. The lowest BCUT2D eigenvalue weighted by Gasteiger charge is -2.44. The van der Waals surface area contributed by atoms with Crippen LogP contribution in [0.4, 0.5) is 32.1 Å². The minimum Gasteiger partial charge on any atom is -0.353 e. The molecule has 0 spiro atoms. The molecule has 678 valence electrons. The lowest BCUT2D eigenvalue weighted by molar-refractivity contribution is -0.129. The summed E-state index contributed by atoms with van der Waals surface area (Å²) in [7, 11) is 7.85. The average molecular weight is 1810 g/mol. The maximum Gasteiger partial charge on any atom is 0.355 e. The number of para-hydroxylation sites is 1. The summed E-state index contributed by atoms with van der Waals surface area (Å²) in [4.78, 5) is 136. The van der Waals surface area contributed by atoms with Crippen molar-refractivity contribution in [3.63, 3.8) is 0 Å². The largest absolute Gasteiger partial charge is 0.355 e. The number of carbonyl (C=O) groups excluding carboxylic acids is 3. The van der Waals surface area contributed by atoms with Crippen LogP contribution in [0.15, 0.2) is 162 Å². The Kier molecular flexibility index (Phi) is 29.2. The first-order chi connectivity index (χ1) is 61.4. The number of aryl methyl sites for hydroxylation is 1. The molecular formula is C98H115Cl3F2N20O6. The van der Waals surface area contributed by atoms with Gasteiger partial charge in [0.2, 0.25) is 17.7 Å². The van der Waals surface area contributed by atoms with Crippen molar-refractivity contribution in [2.24, 2.45) is 0 Å². The predicted molar refractivity (Wildman–Crippen MR) is 514 cm³/mol. The highest BCUT2D eigenvalue weighted by Crippen LogP contribution is 2.43. The molecule has 7 unspecified atom stereocenters. The van der Waals surface area contributed by atoms with Crippen LogP contribution in [0.3, 0.4) is 0 Å². The maximum absolute atomic E-state index is 15.1. The molecule has 0 radical (unpaired) electrons. The van der Waals surface area contributed by atoms with E-state index in [0.29, 0.717) is 137 Å². The Balaban J connectivity index is 0.000000165. The second-order valence-corrected chi connectivity index (χ2v) is 36.9. The fourth-order valence-corrected chi connectivity index (χ4v) is 18.9. The summed E-state index contributed by atoms with van der Waals surface area (Å²) in [5.41, 5.74) is 7.83. The molecule has 15 rings (SSSR count). The van der Waals surface area contributed by atoms with Crippen LogP contribution in [0.25, 0.3) is 72.7 Å². The topological polar surface area (TPSA) is 249 Å². The van der Waals surface area contributed by atoms with Crippen LogP contribution >= 0.6 is 34.8 Å². The molecule has 4 aliphatic heterocycles. The Labute approximate surface area is 767 Å². The molecule has 4 saturated heterocycles. The molecule has 0 saturated carbocycles. The zero-order chi connectivity index (χ0) is 93.3. The van der Waals surface area contributed by atoms with Crippen molar-refractivity contribution in [1.29, 1.82) is 0 Å². The highest BCUT2D eigenvalue weighted by Gasteiger charge is 2.40. The summed E-state index contributed by atoms with van der Waals surface area (Å²) in [6.45, 7) is 44.0. The molecule has 26 nitrogen and oxygen atoms in total. The third-order valence-electron chi connectivity index (χ3n) is 24.6. The van der Waals surface area contributed by atoms with Crippen molar-refractivity contribution in [1.82, 2.24) is 78.1 Å². The van der Waals surface area contributed by atoms with Crippen LogP contribution in [-0.4, -0.2) is 212 Å². The second-order valence-electron chi connectivity index (χ2n) is 35.7. The SMILES string of the molecule is C=CC(=O)N1CC(C)N(c2nc(=O)n(-c3c(C)ccnc3C(C)C)c3nc(N4CCCCC4C)c(Cl)cc23)CC1C.C=CC(=O)N1CC(C)N(c2nc(=O)n(-c3c(CN(C)C)cccc3C(C)C)c3nc(-c4ccccc4F)c(Cl)cc23)CC1C.C=CC(=O)N1CC(C)N(c2nc(=O)n(-c3c(CN(C)C)ccnc3C(C)C)c3nc(-c4ccccc4F)c(Cl)cc23)CC1C. The molecule has 3 aromatic carbocycles. The fraction of sp³-hybridized carbons (Fsp3) is 0.408. The van der Waals surface area contributed by atoms with Gasteiger partial charge in [0.05, 0.1) is 71.1 Å². The molecule has 0 bridgehead atoms. The normalized spacial score (nSPS) is 18.5. The van der Waals surface area contributed by atoms with Crippen LogP contribution in [0.5, 0.6) is 0 Å². The van der Waals surface area contributed by atoms with E-state index in [2.05, 4.69) is 89.1 Å². The number of anilines is 4. The number of piperazine rings is 3. The summed E-state index contributed by atoms with van der Waals surface area (Å²) >= 11 is 20.7. The lowest BCUT2D eigenvalue weighted by Crippen LogP contribution is -2.58. The molecule has 3 amide bonds. The van der Waals surface area contributed by atoms with Crippen molar-refractivity contribution in [3.05, 3.63) is 239 Å². The van der Waals surface area contributed by atoms with E-state index in [1.807, 2.05) is 151 Å². The number of halogens is 5. The molecule has 8 aromatic heterocycles. The number of hydrogen-bond acceptors (Lipinski definition) is 20. The molecular weight excluding hydrogens is 1700 g/mol. The fourth-order valence-electron chi connectivity index (χ4n) is 18.2. The number of hydrogen-bond donors (Lipinski definition) is 0. The van der Waals surface area contributed by atoms with E-state index in [-0.39, 0.29) is 110 Å². The summed E-state index contributed by atoms with van der Waals surface area (Å²) in [6, 6.07) is 27.2. The second kappa shape index (κ2) is 39.7. The van der Waals surface area contributed by atoms with E-state index in [1.165, 1.54) is 41.3 Å². The van der Waals surface area contributed by atoms with Gasteiger partial charge in [0.15, 0.2) is 16.9 Å². The zero-order valence-corrected chi connectivity index (χ0v) is 79.1. The number of piperidine rings is 1. The van der Waals surface area contributed by atoms with Crippen molar-refractivity contribution < 1.29 is 23.2 Å². The third-order valence-corrected chi connectivity index (χ3v) is 25.4. The standard InChI is InChI=1S/C34H38ClFN6O2.C33H37ClFN7O2.C31H40ClN7O2/c1-8-29(43)40-17-22(5)41(18-21(40)4)32-26-16-27(35)30(25-13-9-10-15-28(25)36)37-33(26)42(34(44)38-32)31-23(19-39(6)7)12-11-14-24(31)20(2)3;1-8-27(43)40-16-21(5)41(17-20(40)4)31-24-15-25(34)29(23-11-9-10-12-26(23)35)37-32(24)42(33(44)38-31)30-22(18-39(6)7)13-14-36-28(30)19(2)3;1-8-25(40)37-16-22(7)38(17-21(37)6)28-23-15-24(32)30(36-14-10-9-11-20(36)5)34-29(23)39(31(41)35-28)27-19(4)12-13-33-26(27)18(2)3/h8-16,20-22H,1,17-19H2,2-7H3;8-15,19-21H,1,16-18H2,2-7H3;8,12-13,15,18,20-22H,1,9-11,14,16-17H2,2-7H3. The first kappa shape index (κ1) is 94.9. The van der Waals surface area contributed by atoms with Gasteiger partial charge in [0, 0.05) is 125 Å². The van der Waals surface area contributed by atoms with Crippen molar-refractivity contribution in [3.8, 4) is 39.6 Å². The molecule has 11 aromatic rings. The Hall–Kier alpha value is -11.7. The number of fused-ring (bicyclic) bond motifs is 3. The minimum absolute atomic E-state index is 0.0246. The quantitative estimate of drug-likeness (QED) is 0.0682. The van der Waals surface area contributed by atoms with E-state index in [9.17, 15) is 28.8 Å². The van der Waals surface area contributed by atoms with Gasteiger partial charge in [-0.3, -0.25) is 24.4 Å². The number of aromatic nitrogens is 11. The third kappa shape index (κ3) is 19.2. The number of benzene rings is 3. The van der Waals surface area contributed by atoms with E-state index < -0.39 is 28.7 Å². The molecule has 12 heterocycles. The highest BCUT2D eigenvalue weighted by atomic mass is 35.5. The molecule has 31 heteroatoms. The molecule has 0 aliphatic carbocycles. The minimum atomic E-state index is -0.541. The molecule has 129 heavy (non-hydrogen) atoms. The Bertz CT molecular complexity index is 6090. The smallest absolute Gasteiger partial charge is 0.353 e. The number of pyridine rings is 5. The predicted octanol–water partition coefficient (Wildman–Crippen LogP) is 16.7. The van der Waals surface area contributed by atoms with E-state index in [0.717, 1.165) is 47.3 Å². The van der Waals surface area contributed by atoms with Crippen LogP contribution in [0.2, 0.25) is 15.1 Å². The van der Waals surface area contributed by atoms with Gasteiger partial charge in [-0.1, -0.05) is 139 Å². The van der Waals surface area contributed by atoms with Gasteiger partial charge in [-0.05, 0) is 216 Å². The van der Waals surface area contributed by atoms with Gasteiger partial charge in [0.25, 0.3) is 0 Å². The van der Waals surface area contributed by atoms with Crippen LogP contribution < -0.4 is 36.7 Å². The van der Waals surface area contributed by atoms with Gasteiger partial charge >= 0.3 is 17.1 Å². The lowest BCUT2D eigenvalue weighted by atomic mass is 9.97. The first-order valence-corrected chi connectivity index (χ1v) is 45.1. The van der Waals surface area contributed by atoms with E-state index in [4.69, 9.17) is 49.8 Å². The summed E-state index contributed by atoms with van der Waals surface area (Å²) in [6.07, 6.45) is 10.8. The zero-order valence-electron chi connectivity index (χ0n) is 76.8. The molecule has 7 atom stereocenters. The van der Waals surface area contributed by atoms with Crippen molar-refractivity contribution >= 4 is 109 Å². The van der Waals surface area contributed by atoms with Gasteiger partial charge in [0.1, 0.15) is 34.9 Å². The molecule has 4 aliphatic rings. The summed E-state index contributed by atoms with van der Waals surface area (Å²) in [5, 5.41) is 2.79. The van der Waals surface area contributed by atoms with Gasteiger partial charge in [-0.25, -0.2) is 51.8 Å². The Morgan fingerprint density at radius 2 is 0.829 bits per heavy atom. The van der Waals surface area contributed by atoms with Gasteiger partial charge in [-0.2, -0.15) is 15.0 Å². The van der Waals surface area contributed by atoms with Crippen LogP contribution in [-0.2, 0) is 27.5 Å². The van der Waals surface area contributed by atoms with Crippen molar-refractivity contribution in [2.45, 2.75) is 189 Å². The number of nitrogens with zero attached hydrogens (tertiary/aromatic N) is 20. The summed E-state index contributed by atoms with van der Waals surface area (Å²) < 4.78 is 34.9. The van der Waals surface area contributed by atoms with E-state index in [1.54, 1.807) is 79.9 Å². The number of amides is 3. The average Bonchev–Trinajstić information content (AvgIpc) is 0.740.